The van der Waals surface area contributed by atoms with Gasteiger partial charge in [0.1, 0.15) is 5.75 Å². The van der Waals surface area contributed by atoms with Gasteiger partial charge in [-0.05, 0) is 62.7 Å². The summed E-state index contributed by atoms with van der Waals surface area (Å²) in [5.74, 6) is 0.898. The minimum absolute atomic E-state index is 0.579. The van der Waals surface area contributed by atoms with E-state index in [0.717, 1.165) is 29.5 Å². The molecular formula is C17H26N2OS. The lowest BCUT2D eigenvalue weighted by Gasteiger charge is -2.32. The van der Waals surface area contributed by atoms with E-state index < -0.39 is 0 Å². The SMILES string of the molecule is CCOc1ccc(NC(=S)N2CCCCCC2CC)cc1. The number of hydrogen-bond donors (Lipinski definition) is 1. The number of likely N-dealkylation sites (tertiary alicyclic amines) is 1. The van der Waals surface area contributed by atoms with Crippen molar-refractivity contribution in [3.05, 3.63) is 24.3 Å². The van der Waals surface area contributed by atoms with Crippen LogP contribution in [-0.2, 0) is 0 Å². The van der Waals surface area contributed by atoms with Crippen molar-refractivity contribution in [2.24, 2.45) is 0 Å². The van der Waals surface area contributed by atoms with Gasteiger partial charge in [-0.15, -0.1) is 0 Å². The fraction of sp³-hybridized carbons (Fsp3) is 0.588. The van der Waals surface area contributed by atoms with Gasteiger partial charge in [0.2, 0.25) is 0 Å². The Morgan fingerprint density at radius 1 is 1.24 bits per heavy atom. The fourth-order valence-corrected chi connectivity index (χ4v) is 3.22. The number of anilines is 1. The van der Waals surface area contributed by atoms with E-state index in [1.54, 1.807) is 0 Å². The summed E-state index contributed by atoms with van der Waals surface area (Å²) in [6.45, 7) is 6.01. The van der Waals surface area contributed by atoms with Gasteiger partial charge in [0, 0.05) is 18.3 Å². The minimum Gasteiger partial charge on any atom is -0.494 e. The molecule has 1 aromatic rings. The number of hydrogen-bond acceptors (Lipinski definition) is 2. The lowest BCUT2D eigenvalue weighted by Crippen LogP contribution is -2.42. The average Bonchev–Trinajstić information content (AvgIpc) is 2.74. The summed E-state index contributed by atoms with van der Waals surface area (Å²) >= 11 is 5.63. The van der Waals surface area contributed by atoms with Crippen LogP contribution in [0.4, 0.5) is 5.69 Å². The van der Waals surface area contributed by atoms with Gasteiger partial charge >= 0.3 is 0 Å². The molecule has 1 aliphatic heterocycles. The number of nitrogens with zero attached hydrogens (tertiary/aromatic N) is 1. The number of thiocarbonyl (C=S) groups is 1. The molecule has 1 aromatic carbocycles. The average molecular weight is 306 g/mol. The number of nitrogens with one attached hydrogen (secondary N) is 1. The predicted molar refractivity (Wildman–Crippen MR) is 93.1 cm³/mol. The van der Waals surface area contributed by atoms with Crippen LogP contribution in [0.1, 0.15) is 46.0 Å². The molecule has 21 heavy (non-hydrogen) atoms. The Bertz CT molecular complexity index is 447. The summed E-state index contributed by atoms with van der Waals surface area (Å²) in [4.78, 5) is 2.37. The smallest absolute Gasteiger partial charge is 0.173 e. The topological polar surface area (TPSA) is 24.5 Å². The molecule has 4 heteroatoms. The van der Waals surface area contributed by atoms with Crippen molar-refractivity contribution < 1.29 is 4.74 Å². The molecule has 1 fully saturated rings. The second kappa shape index (κ2) is 8.23. The second-order valence-corrected chi connectivity index (χ2v) is 5.88. The number of benzene rings is 1. The second-order valence-electron chi connectivity index (χ2n) is 5.49. The molecule has 0 saturated carbocycles. The first-order valence-electron chi connectivity index (χ1n) is 8.05. The molecule has 1 N–H and O–H groups in total. The third-order valence-corrected chi connectivity index (χ3v) is 4.36. The first-order valence-corrected chi connectivity index (χ1v) is 8.46. The molecule has 1 saturated heterocycles. The highest BCUT2D eigenvalue weighted by Gasteiger charge is 2.21. The molecule has 0 amide bonds. The molecule has 0 bridgehead atoms. The Hall–Kier alpha value is -1.29. The standard InChI is InChI=1S/C17H26N2OS/c1-3-15-8-6-5-7-13-19(15)17(21)18-14-9-11-16(12-10-14)20-4-2/h9-12,15H,3-8,13H2,1-2H3,(H,18,21). The largest absolute Gasteiger partial charge is 0.494 e. The van der Waals surface area contributed by atoms with E-state index in [1.807, 2.05) is 31.2 Å². The first kappa shape index (κ1) is 16.1. The van der Waals surface area contributed by atoms with Gasteiger partial charge < -0.3 is 15.0 Å². The quantitative estimate of drug-likeness (QED) is 0.831. The zero-order valence-electron chi connectivity index (χ0n) is 13.1. The molecule has 0 spiro atoms. The monoisotopic (exact) mass is 306 g/mol. The van der Waals surface area contributed by atoms with Gasteiger partial charge in [0.15, 0.2) is 5.11 Å². The Kier molecular flexibility index (Phi) is 6.30. The van der Waals surface area contributed by atoms with E-state index in [1.165, 1.54) is 25.7 Å². The molecule has 1 aliphatic rings. The Labute approximate surface area is 133 Å². The molecule has 0 aliphatic carbocycles. The van der Waals surface area contributed by atoms with E-state index in [0.29, 0.717) is 12.6 Å². The number of ether oxygens (including phenoxy) is 1. The maximum atomic E-state index is 5.63. The van der Waals surface area contributed by atoms with Crippen LogP contribution in [0.15, 0.2) is 24.3 Å². The Morgan fingerprint density at radius 3 is 2.67 bits per heavy atom. The van der Waals surface area contributed by atoms with Crippen LogP contribution in [-0.4, -0.2) is 29.2 Å². The highest BCUT2D eigenvalue weighted by atomic mass is 32.1. The van der Waals surface area contributed by atoms with Crippen molar-refractivity contribution in [1.29, 1.82) is 0 Å². The highest BCUT2D eigenvalue weighted by Crippen LogP contribution is 2.21. The van der Waals surface area contributed by atoms with Crippen LogP contribution in [0, 0.1) is 0 Å². The van der Waals surface area contributed by atoms with Gasteiger partial charge in [-0.2, -0.15) is 0 Å². The fourth-order valence-electron chi connectivity index (χ4n) is 2.87. The lowest BCUT2D eigenvalue weighted by molar-refractivity contribution is 0.311. The maximum absolute atomic E-state index is 5.63. The molecule has 0 radical (unpaired) electrons. The molecule has 2 rings (SSSR count). The zero-order chi connectivity index (χ0) is 15.1. The summed E-state index contributed by atoms with van der Waals surface area (Å²) in [5, 5.41) is 4.23. The van der Waals surface area contributed by atoms with E-state index in [4.69, 9.17) is 17.0 Å². The number of rotatable bonds is 4. The van der Waals surface area contributed by atoms with Gasteiger partial charge in [0.05, 0.1) is 6.61 Å². The molecule has 0 aromatic heterocycles. The Balaban J connectivity index is 1.98. The summed E-state index contributed by atoms with van der Waals surface area (Å²) in [6, 6.07) is 8.59. The van der Waals surface area contributed by atoms with Crippen molar-refractivity contribution in [2.45, 2.75) is 52.0 Å². The van der Waals surface area contributed by atoms with Gasteiger partial charge in [0.25, 0.3) is 0 Å². The van der Waals surface area contributed by atoms with Crippen LogP contribution < -0.4 is 10.1 Å². The van der Waals surface area contributed by atoms with E-state index in [2.05, 4.69) is 17.1 Å². The lowest BCUT2D eigenvalue weighted by atomic mass is 10.1. The third-order valence-electron chi connectivity index (χ3n) is 4.03. The van der Waals surface area contributed by atoms with Crippen LogP contribution in [0.25, 0.3) is 0 Å². The maximum Gasteiger partial charge on any atom is 0.173 e. The summed E-state index contributed by atoms with van der Waals surface area (Å²) in [6.07, 6.45) is 6.29. The van der Waals surface area contributed by atoms with Gasteiger partial charge in [-0.3, -0.25) is 0 Å². The summed E-state index contributed by atoms with van der Waals surface area (Å²) in [7, 11) is 0. The molecule has 116 valence electrons. The highest BCUT2D eigenvalue weighted by molar-refractivity contribution is 7.80. The third kappa shape index (κ3) is 4.60. The predicted octanol–water partition coefficient (Wildman–Crippen LogP) is 4.44. The molecule has 1 unspecified atom stereocenters. The Morgan fingerprint density at radius 2 is 2.00 bits per heavy atom. The molecule has 3 nitrogen and oxygen atoms in total. The normalized spacial score (nSPS) is 19.0. The van der Waals surface area contributed by atoms with Crippen molar-refractivity contribution in [3.8, 4) is 5.75 Å². The molecular weight excluding hydrogens is 280 g/mol. The van der Waals surface area contributed by atoms with Crippen LogP contribution in [0.3, 0.4) is 0 Å². The first-order chi connectivity index (χ1) is 10.2. The summed E-state index contributed by atoms with van der Waals surface area (Å²) in [5.41, 5.74) is 1.03. The van der Waals surface area contributed by atoms with Crippen LogP contribution in [0.5, 0.6) is 5.75 Å². The van der Waals surface area contributed by atoms with E-state index >= 15 is 0 Å². The van der Waals surface area contributed by atoms with Gasteiger partial charge in [-0.1, -0.05) is 19.8 Å². The minimum atomic E-state index is 0.579. The van der Waals surface area contributed by atoms with Crippen molar-refractivity contribution in [2.75, 3.05) is 18.5 Å². The summed E-state index contributed by atoms with van der Waals surface area (Å²) < 4.78 is 5.46. The van der Waals surface area contributed by atoms with Gasteiger partial charge in [-0.25, -0.2) is 0 Å². The van der Waals surface area contributed by atoms with Crippen LogP contribution >= 0.6 is 12.2 Å². The van der Waals surface area contributed by atoms with E-state index in [9.17, 15) is 0 Å². The van der Waals surface area contributed by atoms with Crippen molar-refractivity contribution >= 4 is 23.0 Å². The van der Waals surface area contributed by atoms with Crippen LogP contribution in [0.2, 0.25) is 0 Å². The molecule has 1 atom stereocenters. The zero-order valence-corrected chi connectivity index (χ0v) is 13.9. The van der Waals surface area contributed by atoms with E-state index in [-0.39, 0.29) is 0 Å². The van der Waals surface area contributed by atoms with Crippen molar-refractivity contribution in [1.82, 2.24) is 4.90 Å². The van der Waals surface area contributed by atoms with Crippen molar-refractivity contribution in [3.63, 3.8) is 0 Å². The molecule has 1 heterocycles.